The number of fused-ring (bicyclic) bond motifs is 2. The molecular formula is C16H10ClN3OS2. The summed E-state index contributed by atoms with van der Waals surface area (Å²) in [5, 5.41) is 0.674. The minimum atomic E-state index is -0.256. The molecule has 0 saturated heterocycles. The molecule has 0 atom stereocenters. The fourth-order valence-corrected chi connectivity index (χ4v) is 4.36. The van der Waals surface area contributed by atoms with Crippen molar-refractivity contribution in [1.29, 1.82) is 0 Å². The zero-order valence-electron chi connectivity index (χ0n) is 12.0. The van der Waals surface area contributed by atoms with E-state index in [1.807, 2.05) is 41.9 Å². The summed E-state index contributed by atoms with van der Waals surface area (Å²) >= 11 is 8.98. The maximum absolute atomic E-state index is 12.5. The topological polar surface area (TPSA) is 47.2 Å². The molecule has 0 spiro atoms. The highest BCUT2D eigenvalue weighted by Crippen LogP contribution is 2.22. The molecule has 4 rings (SSSR count). The fourth-order valence-electron chi connectivity index (χ4n) is 2.35. The van der Waals surface area contributed by atoms with Crippen molar-refractivity contribution in [2.24, 2.45) is 12.0 Å². The van der Waals surface area contributed by atoms with Crippen molar-refractivity contribution in [2.45, 2.75) is 0 Å². The van der Waals surface area contributed by atoms with Crippen molar-refractivity contribution in [2.75, 3.05) is 0 Å². The molecule has 0 aliphatic carbocycles. The first-order valence-electron chi connectivity index (χ1n) is 6.79. The Morgan fingerprint density at radius 3 is 2.96 bits per heavy atom. The van der Waals surface area contributed by atoms with Gasteiger partial charge in [0.25, 0.3) is 5.91 Å². The molecular weight excluding hydrogens is 350 g/mol. The van der Waals surface area contributed by atoms with Crippen LogP contribution in [0.5, 0.6) is 0 Å². The normalized spacial score (nSPS) is 12.3. The van der Waals surface area contributed by atoms with E-state index in [4.69, 9.17) is 11.6 Å². The van der Waals surface area contributed by atoms with Crippen LogP contribution in [0.25, 0.3) is 20.4 Å². The molecule has 0 fully saturated rings. The number of benzene rings is 2. The molecule has 2 aromatic heterocycles. The van der Waals surface area contributed by atoms with Gasteiger partial charge >= 0.3 is 0 Å². The van der Waals surface area contributed by atoms with Crippen LogP contribution in [0, 0.1) is 0 Å². The molecule has 0 unspecified atom stereocenters. The largest absolute Gasteiger partial charge is 0.319 e. The second kappa shape index (κ2) is 5.56. The van der Waals surface area contributed by atoms with Crippen LogP contribution in [-0.2, 0) is 7.05 Å². The van der Waals surface area contributed by atoms with Gasteiger partial charge < -0.3 is 4.57 Å². The highest BCUT2D eigenvalue weighted by atomic mass is 35.5. The summed E-state index contributed by atoms with van der Waals surface area (Å²) in [5.74, 6) is -0.256. The lowest BCUT2D eigenvalue weighted by atomic mass is 10.2. The molecule has 4 aromatic rings. The Labute approximate surface area is 144 Å². The number of thiazole rings is 2. The van der Waals surface area contributed by atoms with Gasteiger partial charge in [0.05, 0.1) is 25.9 Å². The molecule has 1 amide bonds. The van der Waals surface area contributed by atoms with E-state index in [9.17, 15) is 4.79 Å². The van der Waals surface area contributed by atoms with Gasteiger partial charge in [0.2, 0.25) is 0 Å². The smallest absolute Gasteiger partial charge is 0.279 e. The van der Waals surface area contributed by atoms with Crippen LogP contribution in [0.3, 0.4) is 0 Å². The fraction of sp³-hybridized carbons (Fsp3) is 0.0625. The zero-order valence-corrected chi connectivity index (χ0v) is 14.4. The number of halogens is 1. The van der Waals surface area contributed by atoms with Crippen molar-refractivity contribution < 1.29 is 4.79 Å². The van der Waals surface area contributed by atoms with Gasteiger partial charge in [-0.15, -0.1) is 11.3 Å². The number of rotatable bonds is 1. The van der Waals surface area contributed by atoms with E-state index in [1.54, 1.807) is 11.6 Å². The van der Waals surface area contributed by atoms with Crippen molar-refractivity contribution in [1.82, 2.24) is 9.55 Å². The first-order chi connectivity index (χ1) is 11.1. The van der Waals surface area contributed by atoms with Gasteiger partial charge in [0.1, 0.15) is 0 Å². The van der Waals surface area contributed by atoms with E-state index in [0.29, 0.717) is 15.4 Å². The average molecular weight is 360 g/mol. The van der Waals surface area contributed by atoms with Gasteiger partial charge in [-0.25, -0.2) is 4.98 Å². The number of hydrogen-bond donors (Lipinski definition) is 0. The summed E-state index contributed by atoms with van der Waals surface area (Å²) in [6, 6.07) is 11.1. The first kappa shape index (κ1) is 14.6. The highest BCUT2D eigenvalue weighted by Gasteiger charge is 2.09. The summed E-state index contributed by atoms with van der Waals surface area (Å²) in [6.07, 6.45) is 0. The summed E-state index contributed by atoms with van der Waals surface area (Å²) in [4.78, 5) is 21.6. The lowest BCUT2D eigenvalue weighted by Crippen LogP contribution is -2.13. The zero-order chi connectivity index (χ0) is 16.0. The maximum Gasteiger partial charge on any atom is 0.279 e. The number of amides is 1. The van der Waals surface area contributed by atoms with E-state index in [0.717, 1.165) is 20.4 Å². The molecule has 0 radical (unpaired) electrons. The van der Waals surface area contributed by atoms with E-state index >= 15 is 0 Å². The number of carbonyl (C=O) groups is 1. The Kier molecular flexibility index (Phi) is 3.52. The molecule has 7 heteroatoms. The summed E-state index contributed by atoms with van der Waals surface area (Å²) in [7, 11) is 1.89. The Morgan fingerprint density at radius 2 is 2.09 bits per heavy atom. The third kappa shape index (κ3) is 2.59. The Morgan fingerprint density at radius 1 is 1.22 bits per heavy atom. The first-order valence-corrected chi connectivity index (χ1v) is 8.86. The molecule has 2 aromatic carbocycles. The maximum atomic E-state index is 12.5. The van der Waals surface area contributed by atoms with Crippen LogP contribution in [-0.4, -0.2) is 15.5 Å². The molecule has 0 aliphatic heterocycles. The van der Waals surface area contributed by atoms with Crippen molar-refractivity contribution in [3.8, 4) is 0 Å². The molecule has 0 aliphatic rings. The molecule has 114 valence electrons. The van der Waals surface area contributed by atoms with Gasteiger partial charge in [-0.1, -0.05) is 22.9 Å². The molecule has 2 heterocycles. The van der Waals surface area contributed by atoms with Gasteiger partial charge in [-0.2, -0.15) is 4.99 Å². The standard InChI is InChI=1S/C16H10ClN3OS2/c1-20-12-5-3-10(17)7-14(12)23-16(20)19-15(21)9-2-4-11-13(6-9)22-8-18-11/h2-8H,1H3. The number of carbonyl (C=O) groups excluding carboxylic acids is 1. The van der Waals surface area contributed by atoms with E-state index in [2.05, 4.69) is 9.98 Å². The minimum Gasteiger partial charge on any atom is -0.319 e. The predicted octanol–water partition coefficient (Wildman–Crippen LogP) is 4.24. The molecule has 0 N–H and O–H groups in total. The third-order valence-corrected chi connectivity index (χ3v) is 5.67. The highest BCUT2D eigenvalue weighted by molar-refractivity contribution is 7.17. The molecule has 0 saturated carbocycles. The second-order valence-electron chi connectivity index (χ2n) is 5.01. The van der Waals surface area contributed by atoms with Crippen molar-refractivity contribution >= 4 is 60.6 Å². The Balaban J connectivity index is 1.82. The van der Waals surface area contributed by atoms with Crippen molar-refractivity contribution in [3.05, 3.63) is 57.3 Å². The quantitative estimate of drug-likeness (QED) is 0.510. The Hall–Kier alpha value is -2.02. The molecule has 23 heavy (non-hydrogen) atoms. The van der Waals surface area contributed by atoms with E-state index in [1.165, 1.54) is 22.7 Å². The van der Waals surface area contributed by atoms with Crippen LogP contribution in [0.1, 0.15) is 10.4 Å². The van der Waals surface area contributed by atoms with Crippen LogP contribution in [0.4, 0.5) is 0 Å². The van der Waals surface area contributed by atoms with Gasteiger partial charge in [-0.05, 0) is 36.4 Å². The van der Waals surface area contributed by atoms with E-state index in [-0.39, 0.29) is 5.91 Å². The van der Waals surface area contributed by atoms with Crippen LogP contribution in [0.15, 0.2) is 46.9 Å². The molecule has 0 bridgehead atoms. The molecule has 4 nitrogen and oxygen atoms in total. The van der Waals surface area contributed by atoms with Gasteiger partial charge in [-0.3, -0.25) is 4.79 Å². The van der Waals surface area contributed by atoms with Crippen LogP contribution in [0.2, 0.25) is 5.02 Å². The van der Waals surface area contributed by atoms with Crippen LogP contribution >= 0.6 is 34.3 Å². The lowest BCUT2D eigenvalue weighted by Gasteiger charge is -1.96. The third-order valence-electron chi connectivity index (χ3n) is 3.55. The Bertz CT molecular complexity index is 1120. The average Bonchev–Trinajstić information content (AvgIpc) is 3.11. The second-order valence-corrected chi connectivity index (χ2v) is 7.34. The SMILES string of the molecule is Cn1c(=NC(=O)c2ccc3ncsc3c2)sc2cc(Cl)ccc21. The van der Waals surface area contributed by atoms with E-state index < -0.39 is 0 Å². The van der Waals surface area contributed by atoms with Crippen LogP contribution < -0.4 is 4.80 Å². The lowest BCUT2D eigenvalue weighted by molar-refractivity contribution is 0.0998. The number of aryl methyl sites for hydroxylation is 1. The van der Waals surface area contributed by atoms with Gasteiger partial charge in [0.15, 0.2) is 4.80 Å². The predicted molar refractivity (Wildman–Crippen MR) is 95.3 cm³/mol. The summed E-state index contributed by atoms with van der Waals surface area (Å²) in [5.41, 5.74) is 4.24. The summed E-state index contributed by atoms with van der Waals surface area (Å²) in [6.45, 7) is 0. The number of nitrogens with zero attached hydrogens (tertiary/aromatic N) is 3. The van der Waals surface area contributed by atoms with Crippen molar-refractivity contribution in [3.63, 3.8) is 0 Å². The monoisotopic (exact) mass is 359 g/mol. The number of hydrogen-bond acceptors (Lipinski definition) is 4. The summed E-state index contributed by atoms with van der Waals surface area (Å²) < 4.78 is 3.89. The minimum absolute atomic E-state index is 0.256. The number of aromatic nitrogens is 2. The van der Waals surface area contributed by atoms with Gasteiger partial charge in [0, 0.05) is 17.6 Å².